The molecule has 10 heteroatoms. The fourth-order valence-electron chi connectivity index (χ4n) is 5.32. The Kier molecular flexibility index (Phi) is 5.67. The van der Waals surface area contributed by atoms with E-state index in [2.05, 4.69) is 10.4 Å². The van der Waals surface area contributed by atoms with E-state index in [1.54, 1.807) is 34.5 Å². The molecule has 2 aromatic heterocycles. The molecule has 3 heterocycles. The fraction of sp³-hybridized carbons (Fsp3) is 0.321. The Labute approximate surface area is 222 Å². The van der Waals surface area contributed by atoms with Crippen molar-refractivity contribution in [1.82, 2.24) is 19.7 Å². The molecule has 1 saturated carbocycles. The molecular formula is C28H31N5O4S. The zero-order valence-corrected chi connectivity index (χ0v) is 22.3. The highest BCUT2D eigenvalue weighted by Crippen LogP contribution is 2.68. The molecule has 4 aromatic rings. The van der Waals surface area contributed by atoms with Crippen LogP contribution in [0.5, 0.6) is 0 Å². The Morgan fingerprint density at radius 2 is 1.76 bits per heavy atom. The lowest BCUT2D eigenvalue weighted by Gasteiger charge is -2.47. The van der Waals surface area contributed by atoms with Crippen LogP contribution in [-0.2, 0) is 11.8 Å². The van der Waals surface area contributed by atoms with E-state index in [-0.39, 0.29) is 17.4 Å². The summed E-state index contributed by atoms with van der Waals surface area (Å²) in [5.74, 6) is -0.0345. The third-order valence-corrected chi connectivity index (χ3v) is 10.5. The average molecular weight is 534 g/mol. The molecule has 0 radical (unpaired) electrons. The van der Waals surface area contributed by atoms with E-state index >= 15 is 0 Å². The Morgan fingerprint density at radius 1 is 1.05 bits per heavy atom. The number of nitrogens with one attached hydrogen (secondary N) is 1. The fourth-order valence-corrected chi connectivity index (χ4v) is 7.32. The van der Waals surface area contributed by atoms with Gasteiger partial charge in [0.2, 0.25) is 11.5 Å². The van der Waals surface area contributed by atoms with Crippen LogP contribution in [0.15, 0.2) is 77.9 Å². The van der Waals surface area contributed by atoms with Crippen molar-refractivity contribution >= 4 is 33.3 Å². The highest BCUT2D eigenvalue weighted by molar-refractivity contribution is 8.26. The third kappa shape index (κ3) is 3.82. The van der Waals surface area contributed by atoms with Crippen molar-refractivity contribution in [3.8, 4) is 5.69 Å². The molecular weight excluding hydrogens is 502 g/mol. The van der Waals surface area contributed by atoms with Crippen LogP contribution in [0.3, 0.4) is 0 Å². The number of nitrogens with zero attached hydrogens (tertiary/aromatic N) is 4. The molecule has 2 aromatic carbocycles. The van der Waals surface area contributed by atoms with Crippen LogP contribution in [0.1, 0.15) is 38.3 Å². The zero-order valence-electron chi connectivity index (χ0n) is 21.5. The molecule has 3 N–H and O–H groups in total. The van der Waals surface area contributed by atoms with Crippen molar-refractivity contribution < 1.29 is 13.9 Å². The van der Waals surface area contributed by atoms with Crippen LogP contribution < -0.4 is 15.2 Å². The van der Waals surface area contributed by atoms with Gasteiger partial charge in [0.1, 0.15) is 0 Å². The lowest BCUT2D eigenvalue weighted by atomic mass is 9.90. The molecule has 1 aliphatic heterocycles. The number of hydrogen-bond acceptors (Lipinski definition) is 6. The molecule has 9 nitrogen and oxygen atoms in total. The van der Waals surface area contributed by atoms with Crippen molar-refractivity contribution in [3.63, 3.8) is 0 Å². The van der Waals surface area contributed by atoms with Gasteiger partial charge < -0.3 is 9.88 Å². The minimum Gasteiger partial charge on any atom is -0.348 e. The van der Waals surface area contributed by atoms with E-state index in [4.69, 9.17) is 0 Å². The standard InChI is InChI=1S/C28H31N5O4S/c1-28(2)26(30-27(35)19-9-10-19)25(18-7-5-4-6-8-18)33(38(28,36)37)21-11-13-23-20(15-21)16-29-32(23)22-12-14-24(34)31(3)17-22/h4-8,11-17,19,25-26,36-37H,9-10H2,1-3H3,(H,30,35)/t25-,26-/m1/s1. The molecule has 198 valence electrons. The molecule has 2 aliphatic rings. The van der Waals surface area contributed by atoms with E-state index in [0.717, 1.165) is 35.0 Å². The maximum absolute atomic E-state index is 12.9. The lowest BCUT2D eigenvalue weighted by Crippen LogP contribution is -2.50. The predicted molar refractivity (Wildman–Crippen MR) is 150 cm³/mol. The SMILES string of the molecule is Cn1cc(-n2ncc3cc(N4[C@H](c5ccccc5)[C@@H](NC(=O)C5CC5)C(C)(C)S4(O)O)ccc32)ccc1=O. The summed E-state index contributed by atoms with van der Waals surface area (Å²) < 4.78 is 27.5. The van der Waals surface area contributed by atoms with Gasteiger partial charge in [-0.2, -0.15) is 5.10 Å². The van der Waals surface area contributed by atoms with Gasteiger partial charge in [0.15, 0.2) is 0 Å². The first-order valence-corrected chi connectivity index (χ1v) is 14.2. The minimum atomic E-state index is -3.39. The molecule has 1 aliphatic carbocycles. The number of aromatic nitrogens is 3. The Bertz CT molecular complexity index is 1590. The topological polar surface area (TPSA) is 113 Å². The second-order valence-corrected chi connectivity index (χ2v) is 13.2. The summed E-state index contributed by atoms with van der Waals surface area (Å²) in [6.45, 7) is 3.62. The predicted octanol–water partition coefficient (Wildman–Crippen LogP) is 4.62. The Morgan fingerprint density at radius 3 is 2.45 bits per heavy atom. The van der Waals surface area contributed by atoms with E-state index < -0.39 is 27.6 Å². The molecule has 38 heavy (non-hydrogen) atoms. The summed E-state index contributed by atoms with van der Waals surface area (Å²) in [6, 6.07) is 17.5. The summed E-state index contributed by atoms with van der Waals surface area (Å²) >= 11 is 0. The van der Waals surface area contributed by atoms with Gasteiger partial charge in [-0.15, -0.1) is 10.8 Å². The summed E-state index contributed by atoms with van der Waals surface area (Å²) in [4.78, 5) is 24.8. The van der Waals surface area contributed by atoms with Gasteiger partial charge in [0, 0.05) is 30.6 Å². The smallest absolute Gasteiger partial charge is 0.250 e. The van der Waals surface area contributed by atoms with Gasteiger partial charge in [-0.25, -0.2) is 4.68 Å². The normalized spacial score (nSPS) is 22.9. The quantitative estimate of drug-likeness (QED) is 0.345. The molecule has 6 rings (SSSR count). The number of aryl methyl sites for hydroxylation is 1. The zero-order chi connectivity index (χ0) is 26.8. The first-order valence-electron chi connectivity index (χ1n) is 12.7. The van der Waals surface area contributed by atoms with Crippen molar-refractivity contribution in [2.24, 2.45) is 13.0 Å². The second-order valence-electron chi connectivity index (χ2n) is 10.7. The largest absolute Gasteiger partial charge is 0.348 e. The minimum absolute atomic E-state index is 0.00210. The van der Waals surface area contributed by atoms with Crippen molar-refractivity contribution in [1.29, 1.82) is 0 Å². The van der Waals surface area contributed by atoms with Crippen molar-refractivity contribution in [2.75, 3.05) is 4.31 Å². The third-order valence-electron chi connectivity index (χ3n) is 7.81. The van der Waals surface area contributed by atoms with Crippen molar-refractivity contribution in [3.05, 3.63) is 89.0 Å². The molecule has 0 spiro atoms. The summed E-state index contributed by atoms with van der Waals surface area (Å²) in [6.07, 6.45) is 5.18. The lowest BCUT2D eigenvalue weighted by molar-refractivity contribution is -0.123. The Hall–Kier alpha value is -3.60. The van der Waals surface area contributed by atoms with Gasteiger partial charge in [-0.3, -0.25) is 23.0 Å². The first kappa shape index (κ1) is 24.7. The molecule has 0 bridgehead atoms. The molecule has 0 unspecified atom stereocenters. The van der Waals surface area contributed by atoms with Gasteiger partial charge in [-0.05, 0) is 56.5 Å². The van der Waals surface area contributed by atoms with Crippen LogP contribution in [0.2, 0.25) is 0 Å². The number of rotatable bonds is 5. The number of pyridine rings is 1. The summed E-state index contributed by atoms with van der Waals surface area (Å²) in [5, 5.41) is 8.53. The summed E-state index contributed by atoms with van der Waals surface area (Å²) in [7, 11) is -1.69. The molecule has 2 fully saturated rings. The number of hydrogen-bond donors (Lipinski definition) is 3. The molecule has 1 amide bonds. The van der Waals surface area contributed by atoms with Gasteiger partial charge in [0.25, 0.3) is 0 Å². The van der Waals surface area contributed by atoms with Crippen LogP contribution in [0.25, 0.3) is 16.6 Å². The van der Waals surface area contributed by atoms with E-state index in [1.807, 2.05) is 62.4 Å². The van der Waals surface area contributed by atoms with Gasteiger partial charge >= 0.3 is 0 Å². The van der Waals surface area contributed by atoms with Crippen molar-refractivity contribution in [2.45, 2.75) is 43.5 Å². The number of benzene rings is 2. The van der Waals surface area contributed by atoms with Gasteiger partial charge in [0.05, 0.1) is 39.9 Å². The monoisotopic (exact) mass is 533 g/mol. The number of carbonyl (C=O) groups is 1. The van der Waals surface area contributed by atoms with Crippen LogP contribution in [0.4, 0.5) is 5.69 Å². The molecule has 1 saturated heterocycles. The number of amides is 1. The maximum atomic E-state index is 12.9. The van der Waals surface area contributed by atoms with E-state index in [9.17, 15) is 18.7 Å². The van der Waals surface area contributed by atoms with E-state index in [1.165, 1.54) is 10.6 Å². The second kappa shape index (κ2) is 8.72. The maximum Gasteiger partial charge on any atom is 0.250 e. The van der Waals surface area contributed by atoms with Crippen LogP contribution in [-0.4, -0.2) is 40.1 Å². The number of carbonyl (C=O) groups excluding carboxylic acids is 1. The Balaban J connectivity index is 1.46. The first-order chi connectivity index (χ1) is 18.1. The number of fused-ring (bicyclic) bond motifs is 1. The highest BCUT2D eigenvalue weighted by Gasteiger charge is 2.60. The average Bonchev–Trinajstić information content (AvgIpc) is 3.64. The van der Waals surface area contributed by atoms with Crippen LogP contribution >= 0.6 is 10.8 Å². The van der Waals surface area contributed by atoms with Crippen LogP contribution in [0, 0.1) is 5.92 Å². The van der Waals surface area contributed by atoms with E-state index in [0.29, 0.717) is 5.69 Å². The highest BCUT2D eigenvalue weighted by atomic mass is 32.3. The number of anilines is 1. The summed E-state index contributed by atoms with van der Waals surface area (Å²) in [5.41, 5.74) is 2.97. The van der Waals surface area contributed by atoms with Gasteiger partial charge in [-0.1, -0.05) is 30.3 Å². The molecule has 2 atom stereocenters.